The molecule has 0 spiro atoms. The highest BCUT2D eigenvalue weighted by molar-refractivity contribution is 8.00. The van der Waals surface area contributed by atoms with Gasteiger partial charge < -0.3 is 19.5 Å². The van der Waals surface area contributed by atoms with Crippen LogP contribution in [0, 0.1) is 0 Å². The second kappa shape index (κ2) is 10.1. The molecule has 1 amide bonds. The zero-order chi connectivity index (χ0) is 19.8. The average molecular weight is 390 g/mol. The van der Waals surface area contributed by atoms with E-state index in [2.05, 4.69) is 5.32 Å². The summed E-state index contributed by atoms with van der Waals surface area (Å²) in [6.07, 6.45) is 0. The van der Waals surface area contributed by atoms with Gasteiger partial charge in [-0.05, 0) is 56.7 Å². The molecular weight excluding hydrogens is 362 g/mol. The predicted octanol–water partition coefficient (Wildman–Crippen LogP) is 4.46. The van der Waals surface area contributed by atoms with Gasteiger partial charge in [0.05, 0.1) is 32.1 Å². The van der Waals surface area contributed by atoms with Crippen LogP contribution in [-0.2, 0) is 4.79 Å². The third kappa shape index (κ3) is 5.82. The van der Waals surface area contributed by atoms with Gasteiger partial charge in [0.25, 0.3) is 0 Å². The number of carbonyl (C=O) groups excluding carboxylic acids is 1. The number of ether oxygens (including phenoxy) is 3. The number of amides is 1. The highest BCUT2D eigenvalue weighted by atomic mass is 32.2. The first-order chi connectivity index (χ1) is 13.0. The minimum absolute atomic E-state index is 0.0174. The lowest BCUT2D eigenvalue weighted by Crippen LogP contribution is -2.33. The Morgan fingerprint density at radius 1 is 1.04 bits per heavy atom. The predicted molar refractivity (Wildman–Crippen MR) is 109 cm³/mol. The lowest BCUT2D eigenvalue weighted by Gasteiger charge is -2.18. The molecule has 0 bridgehead atoms. The number of benzene rings is 2. The van der Waals surface area contributed by atoms with Gasteiger partial charge in [-0.1, -0.05) is 12.1 Å². The van der Waals surface area contributed by atoms with Crippen LogP contribution in [0.25, 0.3) is 0 Å². The minimum Gasteiger partial charge on any atom is -0.494 e. The van der Waals surface area contributed by atoms with Crippen molar-refractivity contribution in [2.75, 3.05) is 20.8 Å². The third-order valence-electron chi connectivity index (χ3n) is 4.09. The fraction of sp³-hybridized carbons (Fsp3) is 0.381. The molecule has 146 valence electrons. The smallest absolute Gasteiger partial charge is 0.233 e. The fourth-order valence-electron chi connectivity index (χ4n) is 2.58. The lowest BCUT2D eigenvalue weighted by molar-refractivity contribution is -0.120. The van der Waals surface area contributed by atoms with Gasteiger partial charge >= 0.3 is 0 Å². The minimum atomic E-state index is -0.242. The maximum atomic E-state index is 12.6. The Bertz CT molecular complexity index is 748. The fourth-order valence-corrected chi connectivity index (χ4v) is 3.49. The standard InChI is InChI=1S/C21H27NO4S/c1-6-26-17-9-7-16(8-10-17)14(2)22-21(23)15(3)27-18-11-12-19(24-4)20(13-18)25-5/h7-15H,6H2,1-5H3,(H,22,23)/t14-,15+/m0/s1. The van der Waals surface area contributed by atoms with Gasteiger partial charge in [-0.25, -0.2) is 0 Å². The molecule has 0 aromatic heterocycles. The first kappa shape index (κ1) is 21.0. The Kier molecular flexibility index (Phi) is 7.85. The Morgan fingerprint density at radius 3 is 2.30 bits per heavy atom. The summed E-state index contributed by atoms with van der Waals surface area (Å²) < 4.78 is 16.0. The number of methoxy groups -OCH3 is 2. The van der Waals surface area contributed by atoms with Crippen LogP contribution >= 0.6 is 11.8 Å². The van der Waals surface area contributed by atoms with E-state index in [9.17, 15) is 4.79 Å². The van der Waals surface area contributed by atoms with Crippen molar-refractivity contribution in [2.45, 2.75) is 37.0 Å². The van der Waals surface area contributed by atoms with Crippen molar-refractivity contribution < 1.29 is 19.0 Å². The van der Waals surface area contributed by atoms with Crippen molar-refractivity contribution in [3.63, 3.8) is 0 Å². The van der Waals surface area contributed by atoms with Crippen molar-refractivity contribution in [3.8, 4) is 17.2 Å². The summed E-state index contributed by atoms with van der Waals surface area (Å²) >= 11 is 1.48. The van der Waals surface area contributed by atoms with Crippen molar-refractivity contribution in [2.24, 2.45) is 0 Å². The summed E-state index contributed by atoms with van der Waals surface area (Å²) in [6.45, 7) is 6.45. The van der Waals surface area contributed by atoms with Crippen molar-refractivity contribution in [3.05, 3.63) is 48.0 Å². The Morgan fingerprint density at radius 2 is 1.70 bits per heavy atom. The summed E-state index contributed by atoms with van der Waals surface area (Å²) in [4.78, 5) is 13.5. The molecule has 2 aromatic rings. The Labute approximate surface area is 165 Å². The van der Waals surface area contributed by atoms with Crippen molar-refractivity contribution >= 4 is 17.7 Å². The topological polar surface area (TPSA) is 56.8 Å². The maximum absolute atomic E-state index is 12.6. The number of carbonyl (C=O) groups is 1. The quantitative estimate of drug-likeness (QED) is 0.642. The molecule has 5 nitrogen and oxygen atoms in total. The van der Waals surface area contributed by atoms with E-state index >= 15 is 0 Å². The average Bonchev–Trinajstić information content (AvgIpc) is 2.68. The first-order valence-corrected chi connectivity index (χ1v) is 9.78. The lowest BCUT2D eigenvalue weighted by atomic mass is 10.1. The largest absolute Gasteiger partial charge is 0.494 e. The van der Waals surface area contributed by atoms with E-state index < -0.39 is 0 Å². The normalized spacial score (nSPS) is 12.8. The number of thioether (sulfide) groups is 1. The third-order valence-corrected chi connectivity index (χ3v) is 5.18. The Balaban J connectivity index is 1.96. The van der Waals surface area contributed by atoms with Gasteiger partial charge in [0.1, 0.15) is 5.75 Å². The van der Waals surface area contributed by atoms with Gasteiger partial charge in [0, 0.05) is 4.90 Å². The molecular formula is C21H27NO4S. The summed E-state index contributed by atoms with van der Waals surface area (Å²) in [5, 5.41) is 2.82. The SMILES string of the molecule is CCOc1ccc([C@H](C)NC(=O)[C@@H](C)Sc2ccc(OC)c(OC)c2)cc1. The van der Waals surface area contributed by atoms with Gasteiger partial charge in [0.15, 0.2) is 11.5 Å². The monoisotopic (exact) mass is 389 g/mol. The van der Waals surface area contributed by atoms with Crippen LogP contribution in [0.2, 0.25) is 0 Å². The highest BCUT2D eigenvalue weighted by Crippen LogP contribution is 2.33. The van der Waals surface area contributed by atoms with E-state index in [-0.39, 0.29) is 17.2 Å². The summed E-state index contributed by atoms with van der Waals surface area (Å²) in [6, 6.07) is 13.3. The molecule has 0 aliphatic heterocycles. The number of hydrogen-bond donors (Lipinski definition) is 1. The van der Waals surface area contributed by atoms with Crippen LogP contribution in [0.4, 0.5) is 0 Å². The molecule has 0 fully saturated rings. The summed E-state index contributed by atoms with van der Waals surface area (Å²) in [7, 11) is 3.20. The molecule has 6 heteroatoms. The van der Waals surface area contributed by atoms with Gasteiger partial charge in [-0.15, -0.1) is 11.8 Å². The molecule has 2 atom stereocenters. The van der Waals surface area contributed by atoms with Crippen LogP contribution in [0.5, 0.6) is 17.2 Å². The molecule has 0 heterocycles. The van der Waals surface area contributed by atoms with Gasteiger partial charge in [0.2, 0.25) is 5.91 Å². The van der Waals surface area contributed by atoms with E-state index in [0.29, 0.717) is 18.1 Å². The van der Waals surface area contributed by atoms with Crippen LogP contribution in [-0.4, -0.2) is 32.0 Å². The molecule has 27 heavy (non-hydrogen) atoms. The molecule has 0 saturated heterocycles. The second-order valence-electron chi connectivity index (χ2n) is 6.01. The van der Waals surface area contributed by atoms with Crippen LogP contribution in [0.15, 0.2) is 47.4 Å². The number of hydrogen-bond acceptors (Lipinski definition) is 5. The number of rotatable bonds is 9. The molecule has 2 rings (SSSR count). The molecule has 0 radical (unpaired) electrons. The van der Waals surface area contributed by atoms with E-state index in [1.54, 1.807) is 14.2 Å². The van der Waals surface area contributed by atoms with Crippen LogP contribution in [0.1, 0.15) is 32.4 Å². The van der Waals surface area contributed by atoms with Gasteiger partial charge in [-0.2, -0.15) is 0 Å². The number of nitrogens with one attached hydrogen (secondary N) is 1. The highest BCUT2D eigenvalue weighted by Gasteiger charge is 2.18. The molecule has 1 N–H and O–H groups in total. The zero-order valence-electron chi connectivity index (χ0n) is 16.4. The van der Waals surface area contributed by atoms with E-state index in [1.165, 1.54) is 11.8 Å². The van der Waals surface area contributed by atoms with Crippen molar-refractivity contribution in [1.29, 1.82) is 0 Å². The zero-order valence-corrected chi connectivity index (χ0v) is 17.3. The van der Waals surface area contributed by atoms with E-state index in [1.807, 2.05) is 63.2 Å². The summed E-state index contributed by atoms with van der Waals surface area (Å²) in [5.41, 5.74) is 1.04. The van der Waals surface area contributed by atoms with E-state index in [0.717, 1.165) is 16.2 Å². The molecule has 2 aromatic carbocycles. The van der Waals surface area contributed by atoms with E-state index in [4.69, 9.17) is 14.2 Å². The Hall–Kier alpha value is -2.34. The summed E-state index contributed by atoms with van der Waals surface area (Å²) in [5.74, 6) is 2.13. The maximum Gasteiger partial charge on any atom is 0.233 e. The molecule has 0 saturated carbocycles. The molecule has 0 aliphatic carbocycles. The first-order valence-electron chi connectivity index (χ1n) is 8.90. The van der Waals surface area contributed by atoms with Crippen LogP contribution in [0.3, 0.4) is 0 Å². The molecule has 0 unspecified atom stereocenters. The second-order valence-corrected chi connectivity index (χ2v) is 7.42. The van der Waals surface area contributed by atoms with Crippen LogP contribution < -0.4 is 19.5 Å². The molecule has 0 aliphatic rings. The van der Waals surface area contributed by atoms with Crippen molar-refractivity contribution in [1.82, 2.24) is 5.32 Å². The van der Waals surface area contributed by atoms with Gasteiger partial charge in [-0.3, -0.25) is 4.79 Å².